The number of rotatable bonds is 9. The number of methoxy groups -OCH3 is 1. The van der Waals surface area contributed by atoms with Gasteiger partial charge in [-0.1, -0.05) is 0 Å². The number of nitrogens with zero attached hydrogens (tertiary/aromatic N) is 1. The number of aromatic amines is 1. The van der Waals surface area contributed by atoms with Gasteiger partial charge in [0.1, 0.15) is 0 Å². The summed E-state index contributed by atoms with van der Waals surface area (Å²) in [6.45, 7) is 5.78. The number of hydrogen-bond acceptors (Lipinski definition) is 4. The lowest BCUT2D eigenvalue weighted by atomic mass is 10.3. The summed E-state index contributed by atoms with van der Waals surface area (Å²) >= 11 is 0. The van der Waals surface area contributed by atoms with Crippen molar-refractivity contribution in [3.05, 3.63) is 18.0 Å². The number of H-pyrrole nitrogens is 1. The number of nitrogens with one attached hydrogen (secondary N) is 3. The maximum atomic E-state index is 4.96. The summed E-state index contributed by atoms with van der Waals surface area (Å²) in [5.41, 5.74) is 1.17. The van der Waals surface area contributed by atoms with Gasteiger partial charge >= 0.3 is 0 Å². The highest BCUT2D eigenvalue weighted by Gasteiger charge is 2.00. The first-order valence-electron chi connectivity index (χ1n) is 5.74. The minimum absolute atomic E-state index is 0.472. The van der Waals surface area contributed by atoms with Crippen molar-refractivity contribution >= 4 is 0 Å². The molecule has 1 aromatic heterocycles. The SMILES string of the molecule is COCCNCC(C)NCCc1ccn[nH]1. The van der Waals surface area contributed by atoms with Crippen LogP contribution in [0.5, 0.6) is 0 Å². The molecule has 3 N–H and O–H groups in total. The van der Waals surface area contributed by atoms with Crippen LogP contribution in [0.1, 0.15) is 12.6 Å². The van der Waals surface area contributed by atoms with Crippen LogP contribution in [0, 0.1) is 0 Å². The molecule has 0 saturated heterocycles. The lowest BCUT2D eigenvalue weighted by molar-refractivity contribution is 0.198. The highest BCUT2D eigenvalue weighted by molar-refractivity contribution is 4.97. The van der Waals surface area contributed by atoms with Gasteiger partial charge < -0.3 is 15.4 Å². The van der Waals surface area contributed by atoms with Gasteiger partial charge in [-0.05, 0) is 13.0 Å². The Morgan fingerprint density at radius 2 is 2.38 bits per heavy atom. The second-order valence-electron chi connectivity index (χ2n) is 3.88. The molecule has 1 heterocycles. The Morgan fingerprint density at radius 1 is 1.50 bits per heavy atom. The third-order valence-corrected chi connectivity index (χ3v) is 2.38. The number of aromatic nitrogens is 2. The number of hydrogen-bond donors (Lipinski definition) is 3. The molecule has 1 aromatic rings. The Morgan fingerprint density at radius 3 is 3.06 bits per heavy atom. The average Bonchev–Trinajstić information content (AvgIpc) is 2.77. The minimum Gasteiger partial charge on any atom is -0.383 e. The van der Waals surface area contributed by atoms with Crippen LogP contribution in [0.4, 0.5) is 0 Å². The standard InChI is InChI=1S/C11H22N4O/c1-10(9-12-7-8-16-2)13-5-3-11-4-6-14-15-11/h4,6,10,12-13H,3,5,7-9H2,1-2H3,(H,14,15). The van der Waals surface area contributed by atoms with E-state index in [2.05, 4.69) is 27.8 Å². The fraction of sp³-hybridized carbons (Fsp3) is 0.727. The molecular weight excluding hydrogens is 204 g/mol. The molecule has 0 saturated carbocycles. The average molecular weight is 226 g/mol. The zero-order valence-electron chi connectivity index (χ0n) is 10.1. The Hall–Kier alpha value is -0.910. The van der Waals surface area contributed by atoms with Crippen LogP contribution < -0.4 is 10.6 Å². The third-order valence-electron chi connectivity index (χ3n) is 2.38. The lowest BCUT2D eigenvalue weighted by Crippen LogP contribution is -2.38. The first kappa shape index (κ1) is 13.2. The normalized spacial score (nSPS) is 12.9. The van der Waals surface area contributed by atoms with Crippen LogP contribution in [0.25, 0.3) is 0 Å². The smallest absolute Gasteiger partial charge is 0.0587 e. The topological polar surface area (TPSA) is 62.0 Å². The van der Waals surface area contributed by atoms with E-state index in [4.69, 9.17) is 4.74 Å². The van der Waals surface area contributed by atoms with Crippen LogP contribution >= 0.6 is 0 Å². The van der Waals surface area contributed by atoms with Crippen molar-refractivity contribution in [2.24, 2.45) is 0 Å². The zero-order chi connectivity index (χ0) is 11.6. The molecule has 0 aromatic carbocycles. The summed E-state index contributed by atoms with van der Waals surface area (Å²) in [5.74, 6) is 0. The van der Waals surface area contributed by atoms with Gasteiger partial charge in [0.2, 0.25) is 0 Å². The van der Waals surface area contributed by atoms with Crippen molar-refractivity contribution in [1.82, 2.24) is 20.8 Å². The summed E-state index contributed by atoms with van der Waals surface area (Å²) < 4.78 is 4.96. The molecule has 0 aliphatic heterocycles. The Balaban J connectivity index is 1.95. The maximum Gasteiger partial charge on any atom is 0.0587 e. The third kappa shape index (κ3) is 5.85. The zero-order valence-corrected chi connectivity index (χ0v) is 10.1. The van der Waals surface area contributed by atoms with E-state index in [1.54, 1.807) is 13.3 Å². The van der Waals surface area contributed by atoms with Gasteiger partial charge in [-0.15, -0.1) is 0 Å². The van der Waals surface area contributed by atoms with Crippen LogP contribution in [0.15, 0.2) is 12.3 Å². The first-order valence-corrected chi connectivity index (χ1v) is 5.74. The van der Waals surface area contributed by atoms with Crippen LogP contribution in [-0.2, 0) is 11.2 Å². The molecule has 5 nitrogen and oxygen atoms in total. The largest absolute Gasteiger partial charge is 0.383 e. The summed E-state index contributed by atoms with van der Waals surface area (Å²) in [6.07, 6.45) is 2.77. The van der Waals surface area contributed by atoms with Gasteiger partial charge in [-0.2, -0.15) is 5.10 Å². The molecule has 0 fully saturated rings. The van der Waals surface area contributed by atoms with Crippen molar-refractivity contribution in [3.8, 4) is 0 Å². The fourth-order valence-corrected chi connectivity index (χ4v) is 1.44. The monoisotopic (exact) mass is 226 g/mol. The van der Waals surface area contributed by atoms with E-state index in [1.807, 2.05) is 6.07 Å². The second kappa shape index (κ2) is 8.27. The highest BCUT2D eigenvalue weighted by atomic mass is 16.5. The Kier molecular flexibility index (Phi) is 6.80. The van der Waals surface area contributed by atoms with Crippen LogP contribution in [0.3, 0.4) is 0 Å². The van der Waals surface area contributed by atoms with Gasteiger partial charge in [0.15, 0.2) is 0 Å². The molecule has 0 radical (unpaired) electrons. The van der Waals surface area contributed by atoms with Crippen LogP contribution in [-0.4, -0.2) is 49.6 Å². The molecule has 1 rings (SSSR count). The molecule has 1 atom stereocenters. The van der Waals surface area contributed by atoms with Gasteiger partial charge in [-0.25, -0.2) is 0 Å². The van der Waals surface area contributed by atoms with E-state index in [9.17, 15) is 0 Å². The predicted molar refractivity (Wildman–Crippen MR) is 64.5 cm³/mol. The summed E-state index contributed by atoms with van der Waals surface area (Å²) in [5, 5.41) is 13.6. The second-order valence-corrected chi connectivity index (χ2v) is 3.88. The van der Waals surface area contributed by atoms with Crippen molar-refractivity contribution in [3.63, 3.8) is 0 Å². The summed E-state index contributed by atoms with van der Waals surface area (Å²) in [6, 6.07) is 2.48. The van der Waals surface area contributed by atoms with E-state index in [1.165, 1.54) is 5.69 Å². The Labute approximate surface area is 97.0 Å². The minimum atomic E-state index is 0.472. The van der Waals surface area contributed by atoms with Crippen molar-refractivity contribution in [2.45, 2.75) is 19.4 Å². The molecule has 1 unspecified atom stereocenters. The maximum absolute atomic E-state index is 4.96. The molecule has 16 heavy (non-hydrogen) atoms. The molecule has 0 aliphatic carbocycles. The fourth-order valence-electron chi connectivity index (χ4n) is 1.44. The number of ether oxygens (including phenoxy) is 1. The van der Waals surface area contributed by atoms with E-state index < -0.39 is 0 Å². The molecule has 0 amide bonds. The van der Waals surface area contributed by atoms with E-state index in [0.717, 1.165) is 32.7 Å². The molecule has 5 heteroatoms. The predicted octanol–water partition coefficient (Wildman–Crippen LogP) is 0.166. The van der Waals surface area contributed by atoms with Crippen molar-refractivity contribution in [2.75, 3.05) is 33.4 Å². The van der Waals surface area contributed by atoms with Gasteiger partial charge in [-0.3, -0.25) is 5.10 Å². The molecule has 0 spiro atoms. The highest BCUT2D eigenvalue weighted by Crippen LogP contribution is 1.91. The van der Waals surface area contributed by atoms with E-state index in [-0.39, 0.29) is 0 Å². The van der Waals surface area contributed by atoms with E-state index in [0.29, 0.717) is 6.04 Å². The lowest BCUT2D eigenvalue weighted by Gasteiger charge is -2.14. The molecule has 0 aliphatic rings. The van der Waals surface area contributed by atoms with Gasteiger partial charge in [0, 0.05) is 51.1 Å². The first-order chi connectivity index (χ1) is 7.83. The quantitative estimate of drug-likeness (QED) is 0.525. The van der Waals surface area contributed by atoms with Crippen molar-refractivity contribution in [1.29, 1.82) is 0 Å². The molecule has 0 bridgehead atoms. The molecule has 92 valence electrons. The summed E-state index contributed by atoms with van der Waals surface area (Å²) in [7, 11) is 1.72. The summed E-state index contributed by atoms with van der Waals surface area (Å²) in [4.78, 5) is 0. The van der Waals surface area contributed by atoms with E-state index >= 15 is 0 Å². The van der Waals surface area contributed by atoms with Crippen molar-refractivity contribution < 1.29 is 4.74 Å². The Bertz CT molecular complexity index is 250. The van der Waals surface area contributed by atoms with Gasteiger partial charge in [0.25, 0.3) is 0 Å². The molecular formula is C11H22N4O. The van der Waals surface area contributed by atoms with Crippen LogP contribution in [0.2, 0.25) is 0 Å². The van der Waals surface area contributed by atoms with Gasteiger partial charge in [0.05, 0.1) is 6.61 Å².